The molecule has 7 heteroatoms. The quantitative estimate of drug-likeness (QED) is 0.422. The zero-order valence-electron chi connectivity index (χ0n) is 16.6. The van der Waals surface area contributed by atoms with Gasteiger partial charge in [-0.25, -0.2) is 0 Å². The lowest BCUT2D eigenvalue weighted by Crippen LogP contribution is -2.16. The summed E-state index contributed by atoms with van der Waals surface area (Å²) in [4.78, 5) is 27.9. The molecule has 3 N–H and O–H groups in total. The number of anilines is 1. The van der Waals surface area contributed by atoms with E-state index in [1.807, 2.05) is 67.6 Å². The number of carbonyl (C=O) groups excluding carboxylic acids is 2. The normalized spacial score (nSPS) is 11.9. The van der Waals surface area contributed by atoms with Crippen LogP contribution in [-0.4, -0.2) is 11.8 Å². The Bertz CT molecular complexity index is 1320. The predicted molar refractivity (Wildman–Crippen MR) is 125 cm³/mol. The third-order valence-electron chi connectivity index (χ3n) is 5.17. The van der Waals surface area contributed by atoms with E-state index in [0.29, 0.717) is 22.0 Å². The van der Waals surface area contributed by atoms with Gasteiger partial charge in [-0.3, -0.25) is 9.59 Å². The van der Waals surface area contributed by atoms with Gasteiger partial charge in [-0.1, -0.05) is 42.5 Å². The lowest BCUT2D eigenvalue weighted by molar-refractivity contribution is 0.100. The molecule has 0 unspecified atom stereocenters. The largest absolute Gasteiger partial charge is 0.488 e. The Labute approximate surface area is 187 Å². The van der Waals surface area contributed by atoms with Gasteiger partial charge in [0.05, 0.1) is 10.4 Å². The summed E-state index contributed by atoms with van der Waals surface area (Å²) in [6.45, 7) is 2.35. The fourth-order valence-electron chi connectivity index (χ4n) is 3.80. The minimum absolute atomic E-state index is 0.264. The number of nitrogens with one attached hydrogen (secondary N) is 1. The molecule has 0 atom stereocenters. The van der Waals surface area contributed by atoms with Crippen molar-refractivity contribution in [1.82, 2.24) is 0 Å². The summed E-state index contributed by atoms with van der Waals surface area (Å²) in [5, 5.41) is 3.39. The second kappa shape index (κ2) is 7.68. The number of hydrogen-bond donors (Lipinski definition) is 2. The van der Waals surface area contributed by atoms with Gasteiger partial charge in [0.2, 0.25) is 0 Å². The maximum absolute atomic E-state index is 13.1. The SMILES string of the molecule is Cc1sc(NC(=O)c2cc3c(s2)-c2ccccc2OC3)c(C(N)=O)c1-c1ccccc1. The average molecular weight is 447 g/mol. The Kier molecular flexibility index (Phi) is 4.84. The molecular formula is C24H18N2O3S2. The number of carbonyl (C=O) groups is 2. The number of fused-ring (bicyclic) bond motifs is 3. The Hall–Kier alpha value is -3.42. The highest BCUT2D eigenvalue weighted by Gasteiger charge is 2.26. The summed E-state index contributed by atoms with van der Waals surface area (Å²) in [5.74, 6) is -0.00671. The van der Waals surface area contributed by atoms with E-state index in [-0.39, 0.29) is 5.91 Å². The van der Waals surface area contributed by atoms with Crippen molar-refractivity contribution in [2.45, 2.75) is 13.5 Å². The van der Waals surface area contributed by atoms with Crippen LogP contribution in [0.15, 0.2) is 60.7 Å². The van der Waals surface area contributed by atoms with Crippen LogP contribution in [0.5, 0.6) is 5.75 Å². The molecule has 0 spiro atoms. The maximum Gasteiger partial charge on any atom is 0.266 e. The van der Waals surface area contributed by atoms with Gasteiger partial charge >= 0.3 is 0 Å². The van der Waals surface area contributed by atoms with Crippen LogP contribution < -0.4 is 15.8 Å². The van der Waals surface area contributed by atoms with Crippen LogP contribution in [0, 0.1) is 6.92 Å². The van der Waals surface area contributed by atoms with E-state index in [1.165, 1.54) is 22.7 Å². The summed E-state index contributed by atoms with van der Waals surface area (Å²) >= 11 is 2.78. The van der Waals surface area contributed by atoms with E-state index >= 15 is 0 Å². The molecule has 2 aromatic carbocycles. The third-order valence-corrected chi connectivity index (χ3v) is 7.40. The van der Waals surface area contributed by atoms with Gasteiger partial charge in [0, 0.05) is 26.4 Å². The number of primary amides is 1. The molecule has 2 amide bonds. The summed E-state index contributed by atoms with van der Waals surface area (Å²) < 4.78 is 5.80. The number of aryl methyl sites for hydroxylation is 1. The molecule has 0 aliphatic carbocycles. The molecule has 1 aliphatic rings. The van der Waals surface area contributed by atoms with Crippen LogP contribution >= 0.6 is 22.7 Å². The highest BCUT2D eigenvalue weighted by Crippen LogP contribution is 2.43. The fourth-order valence-corrected chi connectivity index (χ4v) is 5.97. The predicted octanol–water partition coefficient (Wildman–Crippen LogP) is 5.70. The van der Waals surface area contributed by atoms with Gasteiger partial charge in [0.1, 0.15) is 17.4 Å². The van der Waals surface area contributed by atoms with E-state index in [1.54, 1.807) is 0 Å². The molecule has 0 fully saturated rings. The van der Waals surface area contributed by atoms with Crippen molar-refractivity contribution in [2.75, 3.05) is 5.32 Å². The smallest absolute Gasteiger partial charge is 0.266 e. The zero-order chi connectivity index (χ0) is 21.5. The van der Waals surface area contributed by atoms with E-state index in [9.17, 15) is 9.59 Å². The van der Waals surface area contributed by atoms with Crippen molar-refractivity contribution < 1.29 is 14.3 Å². The first-order valence-corrected chi connectivity index (χ1v) is 11.3. The zero-order valence-corrected chi connectivity index (χ0v) is 18.2. The number of nitrogens with two attached hydrogens (primary N) is 1. The van der Waals surface area contributed by atoms with Crippen LogP contribution in [0.4, 0.5) is 5.00 Å². The second-order valence-corrected chi connectivity index (χ2v) is 9.45. The number of amides is 2. The summed E-state index contributed by atoms with van der Waals surface area (Å²) in [5.41, 5.74) is 9.69. The molecule has 0 radical (unpaired) electrons. The first-order valence-electron chi connectivity index (χ1n) is 9.68. The van der Waals surface area contributed by atoms with E-state index in [4.69, 9.17) is 10.5 Å². The van der Waals surface area contributed by atoms with Gasteiger partial charge in [-0.05, 0) is 30.7 Å². The number of ether oxygens (including phenoxy) is 1. The lowest BCUT2D eigenvalue weighted by Gasteiger charge is -2.16. The summed E-state index contributed by atoms with van der Waals surface area (Å²) in [6, 6.07) is 19.2. The molecule has 1 aliphatic heterocycles. The van der Waals surface area contributed by atoms with Crippen molar-refractivity contribution in [3.8, 4) is 27.3 Å². The topological polar surface area (TPSA) is 81.4 Å². The molecule has 0 saturated carbocycles. The molecule has 0 saturated heterocycles. The molecule has 2 aromatic heterocycles. The van der Waals surface area contributed by atoms with Crippen molar-refractivity contribution in [2.24, 2.45) is 5.73 Å². The highest BCUT2D eigenvalue weighted by molar-refractivity contribution is 7.18. The van der Waals surface area contributed by atoms with Crippen LogP contribution in [0.25, 0.3) is 21.6 Å². The number of hydrogen-bond acceptors (Lipinski definition) is 5. The van der Waals surface area contributed by atoms with E-state index < -0.39 is 5.91 Å². The maximum atomic E-state index is 13.1. The van der Waals surface area contributed by atoms with Crippen LogP contribution in [0.3, 0.4) is 0 Å². The summed E-state index contributed by atoms with van der Waals surface area (Å²) in [6.07, 6.45) is 0. The van der Waals surface area contributed by atoms with Crippen molar-refractivity contribution in [3.63, 3.8) is 0 Å². The average Bonchev–Trinajstić information content (AvgIpc) is 3.35. The van der Waals surface area contributed by atoms with Crippen LogP contribution in [-0.2, 0) is 6.61 Å². The van der Waals surface area contributed by atoms with Crippen molar-refractivity contribution >= 4 is 39.5 Å². The van der Waals surface area contributed by atoms with Gasteiger partial charge in [-0.15, -0.1) is 22.7 Å². The second-order valence-electron chi connectivity index (χ2n) is 7.17. The number of rotatable bonds is 4. The molecule has 3 heterocycles. The van der Waals surface area contributed by atoms with Crippen molar-refractivity contribution in [1.29, 1.82) is 0 Å². The molecule has 31 heavy (non-hydrogen) atoms. The Balaban J connectivity index is 1.50. The number of para-hydroxylation sites is 1. The number of benzene rings is 2. The van der Waals surface area contributed by atoms with Gasteiger partial charge in [-0.2, -0.15) is 0 Å². The molecule has 0 bridgehead atoms. The Morgan fingerprint density at radius 3 is 2.55 bits per heavy atom. The van der Waals surface area contributed by atoms with Crippen molar-refractivity contribution in [3.05, 3.63) is 81.5 Å². The highest BCUT2D eigenvalue weighted by atomic mass is 32.1. The first-order chi connectivity index (χ1) is 15.0. The molecule has 5 nitrogen and oxygen atoms in total. The fraction of sp³-hybridized carbons (Fsp3) is 0.0833. The van der Waals surface area contributed by atoms with E-state index in [2.05, 4.69) is 5.32 Å². The molecule has 4 aromatic rings. The lowest BCUT2D eigenvalue weighted by atomic mass is 10.0. The monoisotopic (exact) mass is 446 g/mol. The van der Waals surface area contributed by atoms with Gasteiger partial charge in [0.25, 0.3) is 11.8 Å². The first kappa shape index (κ1) is 19.5. The minimum atomic E-state index is -0.564. The third kappa shape index (κ3) is 3.41. The minimum Gasteiger partial charge on any atom is -0.488 e. The van der Waals surface area contributed by atoms with Crippen LogP contribution in [0.1, 0.15) is 30.5 Å². The van der Waals surface area contributed by atoms with Crippen LogP contribution in [0.2, 0.25) is 0 Å². The summed E-state index contributed by atoms with van der Waals surface area (Å²) in [7, 11) is 0. The molecular weight excluding hydrogens is 428 g/mol. The Morgan fingerprint density at radius 2 is 1.77 bits per heavy atom. The van der Waals surface area contributed by atoms with E-state index in [0.717, 1.165) is 37.8 Å². The number of thiophene rings is 2. The van der Waals surface area contributed by atoms with Gasteiger partial charge in [0.15, 0.2) is 0 Å². The molecule has 5 rings (SSSR count). The Morgan fingerprint density at radius 1 is 1.03 bits per heavy atom. The van der Waals surface area contributed by atoms with Gasteiger partial charge < -0.3 is 15.8 Å². The standard InChI is InChI=1S/C24H18N2O3S2/c1-13-19(14-7-3-2-4-8-14)20(22(25)27)24(30-13)26-23(28)18-11-15-12-29-17-10-6-5-9-16(17)21(15)31-18/h2-11H,12H2,1H3,(H2,25,27)(H,26,28). The molecule has 154 valence electrons.